The molecule has 0 unspecified atom stereocenters. The van der Waals surface area contributed by atoms with Gasteiger partial charge in [-0.1, -0.05) is 18.2 Å². The zero-order chi connectivity index (χ0) is 17.1. The number of nitrogens with zero attached hydrogens (tertiary/aromatic N) is 2. The molecule has 23 heavy (non-hydrogen) atoms. The molecule has 1 rings (SSSR count). The van der Waals surface area contributed by atoms with Gasteiger partial charge in [-0.3, -0.25) is 0 Å². The van der Waals surface area contributed by atoms with Gasteiger partial charge in [-0.2, -0.15) is 0 Å². The number of aromatic hydroxyl groups is 1. The van der Waals surface area contributed by atoms with Crippen molar-refractivity contribution in [2.75, 3.05) is 54.4 Å². The highest BCUT2D eigenvalue weighted by Crippen LogP contribution is 2.22. The quantitative estimate of drug-likeness (QED) is 0.509. The summed E-state index contributed by atoms with van der Waals surface area (Å²) in [6.45, 7) is 5.52. The SMILES string of the molecule is CN(C)CCCNCc1cccc(CNCCCN(C)C)c1O. The number of phenolic OH excluding ortho intramolecular Hbond substituents is 1. The van der Waals surface area contributed by atoms with E-state index in [1.54, 1.807) is 0 Å². The molecule has 0 saturated carbocycles. The zero-order valence-electron chi connectivity index (χ0n) is 15.2. The molecule has 0 fully saturated rings. The third kappa shape index (κ3) is 8.91. The van der Waals surface area contributed by atoms with Crippen LogP contribution in [0.5, 0.6) is 5.75 Å². The Kier molecular flexibility index (Phi) is 9.87. The number of para-hydroxylation sites is 1. The average molecular weight is 322 g/mol. The molecule has 5 heteroatoms. The van der Waals surface area contributed by atoms with E-state index in [2.05, 4.69) is 48.6 Å². The topological polar surface area (TPSA) is 50.8 Å². The number of phenols is 1. The van der Waals surface area contributed by atoms with E-state index in [9.17, 15) is 5.11 Å². The standard InChI is InChI=1S/C18H34N4O/c1-21(2)12-6-10-19-14-16-8-5-9-17(18(16)23)15-20-11-7-13-22(3)4/h5,8-9,19-20,23H,6-7,10-15H2,1-4H3. The summed E-state index contributed by atoms with van der Waals surface area (Å²) in [5.74, 6) is 0.424. The van der Waals surface area contributed by atoms with Gasteiger partial charge in [-0.05, 0) is 67.2 Å². The van der Waals surface area contributed by atoms with Crippen LogP contribution in [-0.2, 0) is 13.1 Å². The second kappa shape index (κ2) is 11.4. The summed E-state index contributed by atoms with van der Waals surface area (Å²) < 4.78 is 0. The molecule has 1 aromatic rings. The van der Waals surface area contributed by atoms with Crippen molar-refractivity contribution in [1.29, 1.82) is 0 Å². The molecular formula is C18H34N4O. The van der Waals surface area contributed by atoms with Gasteiger partial charge in [0.1, 0.15) is 5.75 Å². The highest BCUT2D eigenvalue weighted by Gasteiger charge is 2.06. The van der Waals surface area contributed by atoms with Gasteiger partial charge in [-0.25, -0.2) is 0 Å². The number of nitrogens with one attached hydrogen (secondary N) is 2. The summed E-state index contributed by atoms with van der Waals surface area (Å²) in [6, 6.07) is 6.00. The molecule has 1 aromatic carbocycles. The third-order valence-corrected chi connectivity index (χ3v) is 3.75. The molecule has 0 radical (unpaired) electrons. The zero-order valence-corrected chi connectivity index (χ0v) is 15.2. The maximum absolute atomic E-state index is 10.4. The van der Waals surface area contributed by atoms with E-state index in [0.717, 1.165) is 50.1 Å². The van der Waals surface area contributed by atoms with Crippen molar-refractivity contribution in [3.8, 4) is 5.75 Å². The van der Waals surface area contributed by atoms with Gasteiger partial charge >= 0.3 is 0 Å². The van der Waals surface area contributed by atoms with Gasteiger partial charge in [-0.15, -0.1) is 0 Å². The normalized spacial score (nSPS) is 11.6. The van der Waals surface area contributed by atoms with E-state index in [4.69, 9.17) is 0 Å². The minimum atomic E-state index is 0.424. The minimum Gasteiger partial charge on any atom is -0.507 e. The Morgan fingerprint density at radius 1 is 0.826 bits per heavy atom. The van der Waals surface area contributed by atoms with E-state index in [1.165, 1.54) is 0 Å². The van der Waals surface area contributed by atoms with Crippen molar-refractivity contribution in [2.24, 2.45) is 0 Å². The van der Waals surface area contributed by atoms with Crippen molar-refractivity contribution in [1.82, 2.24) is 20.4 Å². The van der Waals surface area contributed by atoms with Crippen LogP contribution >= 0.6 is 0 Å². The summed E-state index contributed by atoms with van der Waals surface area (Å²) in [6.07, 6.45) is 2.22. The average Bonchev–Trinajstić information content (AvgIpc) is 2.49. The van der Waals surface area contributed by atoms with Crippen LogP contribution in [0.15, 0.2) is 18.2 Å². The van der Waals surface area contributed by atoms with Gasteiger partial charge in [0.05, 0.1) is 0 Å². The Morgan fingerprint density at radius 2 is 1.26 bits per heavy atom. The lowest BCUT2D eigenvalue weighted by Crippen LogP contribution is -2.22. The first kappa shape index (κ1) is 19.9. The Balaban J connectivity index is 2.33. The first-order valence-corrected chi connectivity index (χ1v) is 8.51. The van der Waals surface area contributed by atoms with Crippen molar-refractivity contribution in [2.45, 2.75) is 25.9 Å². The van der Waals surface area contributed by atoms with Crippen molar-refractivity contribution in [3.63, 3.8) is 0 Å². The predicted octanol–water partition coefficient (Wildman–Crippen LogP) is 1.47. The number of hydrogen-bond acceptors (Lipinski definition) is 5. The molecule has 132 valence electrons. The van der Waals surface area contributed by atoms with Gasteiger partial charge in [0.15, 0.2) is 0 Å². The van der Waals surface area contributed by atoms with Crippen LogP contribution < -0.4 is 10.6 Å². The van der Waals surface area contributed by atoms with Crippen LogP contribution in [0.1, 0.15) is 24.0 Å². The smallest absolute Gasteiger partial charge is 0.124 e. The highest BCUT2D eigenvalue weighted by atomic mass is 16.3. The van der Waals surface area contributed by atoms with Gasteiger partial charge < -0.3 is 25.5 Å². The van der Waals surface area contributed by atoms with Crippen molar-refractivity contribution in [3.05, 3.63) is 29.3 Å². The van der Waals surface area contributed by atoms with Gasteiger partial charge in [0.2, 0.25) is 0 Å². The molecule has 0 aliphatic carbocycles. The van der Waals surface area contributed by atoms with E-state index in [1.807, 2.05) is 18.2 Å². The van der Waals surface area contributed by atoms with Gasteiger partial charge in [0, 0.05) is 24.2 Å². The number of rotatable bonds is 12. The second-order valence-electron chi connectivity index (χ2n) is 6.59. The van der Waals surface area contributed by atoms with Crippen LogP contribution in [0.2, 0.25) is 0 Å². The molecule has 0 spiro atoms. The summed E-state index contributed by atoms with van der Waals surface area (Å²) in [5.41, 5.74) is 1.95. The van der Waals surface area contributed by atoms with Crippen LogP contribution in [0, 0.1) is 0 Å². The lowest BCUT2D eigenvalue weighted by Gasteiger charge is -2.13. The first-order valence-electron chi connectivity index (χ1n) is 8.51. The maximum Gasteiger partial charge on any atom is 0.124 e. The maximum atomic E-state index is 10.4. The Hall–Kier alpha value is -1.14. The fraction of sp³-hybridized carbons (Fsp3) is 0.667. The van der Waals surface area contributed by atoms with Crippen molar-refractivity contribution >= 4 is 0 Å². The lowest BCUT2D eigenvalue weighted by atomic mass is 10.1. The number of hydrogen-bond donors (Lipinski definition) is 3. The molecule has 0 atom stereocenters. The third-order valence-electron chi connectivity index (χ3n) is 3.75. The molecule has 3 N–H and O–H groups in total. The molecule has 0 amide bonds. The van der Waals surface area contributed by atoms with E-state index in [0.29, 0.717) is 18.8 Å². The molecule has 0 aliphatic rings. The molecule has 5 nitrogen and oxygen atoms in total. The van der Waals surface area contributed by atoms with Crippen LogP contribution in [0.3, 0.4) is 0 Å². The molecule has 0 aliphatic heterocycles. The summed E-state index contributed by atoms with van der Waals surface area (Å²) >= 11 is 0. The van der Waals surface area contributed by atoms with E-state index >= 15 is 0 Å². The second-order valence-corrected chi connectivity index (χ2v) is 6.59. The molecule has 0 bridgehead atoms. The van der Waals surface area contributed by atoms with E-state index < -0.39 is 0 Å². The summed E-state index contributed by atoms with van der Waals surface area (Å²) in [7, 11) is 8.34. The first-order chi connectivity index (χ1) is 11.0. The fourth-order valence-electron chi connectivity index (χ4n) is 2.42. The molecular weight excluding hydrogens is 288 g/mol. The van der Waals surface area contributed by atoms with Crippen molar-refractivity contribution < 1.29 is 5.11 Å². The van der Waals surface area contributed by atoms with Crippen LogP contribution in [-0.4, -0.2) is 69.3 Å². The summed E-state index contributed by atoms with van der Waals surface area (Å²) in [4.78, 5) is 4.36. The fourth-order valence-corrected chi connectivity index (χ4v) is 2.42. The van der Waals surface area contributed by atoms with Gasteiger partial charge in [0.25, 0.3) is 0 Å². The largest absolute Gasteiger partial charge is 0.507 e. The highest BCUT2D eigenvalue weighted by molar-refractivity contribution is 5.40. The Labute approximate surface area is 141 Å². The van der Waals surface area contributed by atoms with Crippen LogP contribution in [0.4, 0.5) is 0 Å². The van der Waals surface area contributed by atoms with E-state index in [-0.39, 0.29) is 0 Å². The Morgan fingerprint density at radius 3 is 1.65 bits per heavy atom. The molecule has 0 aromatic heterocycles. The monoisotopic (exact) mass is 322 g/mol. The minimum absolute atomic E-state index is 0.424. The Bertz CT molecular complexity index is 399. The number of benzene rings is 1. The summed E-state index contributed by atoms with van der Waals surface area (Å²) in [5, 5.41) is 17.2. The van der Waals surface area contributed by atoms with Crippen LogP contribution in [0.25, 0.3) is 0 Å². The molecule has 0 saturated heterocycles. The lowest BCUT2D eigenvalue weighted by molar-refractivity contribution is 0.392. The predicted molar refractivity (Wildman–Crippen MR) is 97.9 cm³/mol. The molecule has 0 heterocycles.